The molecule has 2 aromatic rings. The Hall–Kier alpha value is -2.51. The first-order chi connectivity index (χ1) is 11.4. The van der Waals surface area contributed by atoms with Gasteiger partial charge in [-0.25, -0.2) is 0 Å². The van der Waals surface area contributed by atoms with Crippen LogP contribution in [0.1, 0.15) is 24.3 Å². The molecule has 2 aromatic heterocycles. The van der Waals surface area contributed by atoms with Crippen LogP contribution in [0.5, 0.6) is 0 Å². The number of hydrogen-bond donors (Lipinski definition) is 1. The van der Waals surface area contributed by atoms with Gasteiger partial charge in [-0.1, -0.05) is 0 Å². The topological polar surface area (TPSA) is 58.4 Å². The number of amides is 1. The fourth-order valence-corrected chi connectivity index (χ4v) is 2.81. The Morgan fingerprint density at radius 3 is 2.96 bits per heavy atom. The van der Waals surface area contributed by atoms with E-state index in [1.165, 1.54) is 12.3 Å². The molecule has 1 N–H and O–H groups in total. The second-order valence-electron chi connectivity index (χ2n) is 5.55. The van der Waals surface area contributed by atoms with Gasteiger partial charge in [-0.05, 0) is 37.1 Å². The second-order valence-corrected chi connectivity index (χ2v) is 5.55. The van der Waals surface area contributed by atoms with Gasteiger partial charge in [-0.2, -0.15) is 13.2 Å². The van der Waals surface area contributed by atoms with Gasteiger partial charge in [0, 0.05) is 18.4 Å². The summed E-state index contributed by atoms with van der Waals surface area (Å²) < 4.78 is 43.6. The lowest BCUT2D eigenvalue weighted by atomic mass is 10.2. The van der Waals surface area contributed by atoms with E-state index < -0.39 is 17.9 Å². The highest BCUT2D eigenvalue weighted by Crippen LogP contribution is 2.32. The number of carbonyl (C=O) groups excluding carboxylic acids is 1. The van der Waals surface area contributed by atoms with Crippen molar-refractivity contribution in [3.8, 4) is 0 Å². The van der Waals surface area contributed by atoms with Crippen molar-refractivity contribution in [1.29, 1.82) is 0 Å². The van der Waals surface area contributed by atoms with Crippen LogP contribution in [0.4, 0.5) is 18.9 Å². The van der Waals surface area contributed by atoms with E-state index in [9.17, 15) is 18.0 Å². The maximum absolute atomic E-state index is 12.8. The summed E-state index contributed by atoms with van der Waals surface area (Å²) in [5.41, 5.74) is -0.602. The zero-order chi connectivity index (χ0) is 17.2. The smallest absolute Gasteiger partial charge is 0.433 e. The largest absolute Gasteiger partial charge is 0.467 e. The van der Waals surface area contributed by atoms with Gasteiger partial charge in [0.05, 0.1) is 12.8 Å². The lowest BCUT2D eigenvalue weighted by molar-refractivity contribution is -0.141. The molecule has 128 valence electrons. The Labute approximate surface area is 136 Å². The Morgan fingerprint density at radius 2 is 2.25 bits per heavy atom. The summed E-state index contributed by atoms with van der Waals surface area (Å²) in [5.74, 6) is 0.394. The molecule has 1 amide bonds. The summed E-state index contributed by atoms with van der Waals surface area (Å²) in [7, 11) is 0. The van der Waals surface area contributed by atoms with Gasteiger partial charge in [0.1, 0.15) is 17.5 Å². The van der Waals surface area contributed by atoms with E-state index in [0.29, 0.717) is 24.4 Å². The lowest BCUT2D eigenvalue weighted by Crippen LogP contribution is -2.43. The number of halogens is 3. The molecule has 1 atom stereocenters. The van der Waals surface area contributed by atoms with Gasteiger partial charge in [0.2, 0.25) is 5.91 Å². The van der Waals surface area contributed by atoms with Crippen molar-refractivity contribution >= 4 is 11.6 Å². The second kappa shape index (κ2) is 6.54. The van der Waals surface area contributed by atoms with Crippen molar-refractivity contribution in [1.82, 2.24) is 10.3 Å². The number of alkyl halides is 3. The average Bonchev–Trinajstić information content (AvgIpc) is 3.23. The standard InChI is InChI=1S/C16H16F3N3O2/c17-16(18,19)14-9-11(5-6-20-14)22-7-1-4-13(22)15(23)21-10-12-3-2-8-24-12/h2-3,5-6,8-9,13H,1,4,7,10H2,(H,21,23). The first-order valence-corrected chi connectivity index (χ1v) is 7.55. The molecule has 1 fully saturated rings. The van der Waals surface area contributed by atoms with Crippen LogP contribution in [-0.4, -0.2) is 23.5 Å². The van der Waals surface area contributed by atoms with Crippen LogP contribution in [0, 0.1) is 0 Å². The molecule has 1 aliphatic rings. The van der Waals surface area contributed by atoms with Gasteiger partial charge < -0.3 is 14.6 Å². The Bertz CT molecular complexity index is 701. The van der Waals surface area contributed by atoms with Crippen molar-refractivity contribution in [2.75, 3.05) is 11.4 Å². The highest BCUT2D eigenvalue weighted by Gasteiger charge is 2.35. The third-order valence-corrected chi connectivity index (χ3v) is 3.94. The number of carbonyl (C=O) groups is 1. The normalized spacial score (nSPS) is 18.0. The molecule has 1 saturated heterocycles. The van der Waals surface area contributed by atoms with E-state index in [2.05, 4.69) is 10.3 Å². The van der Waals surface area contributed by atoms with Crippen LogP contribution >= 0.6 is 0 Å². The quantitative estimate of drug-likeness (QED) is 0.930. The molecule has 0 radical (unpaired) electrons. The number of anilines is 1. The monoisotopic (exact) mass is 339 g/mol. The Morgan fingerprint density at radius 1 is 1.42 bits per heavy atom. The number of furan rings is 1. The molecule has 3 heterocycles. The van der Waals surface area contributed by atoms with Crippen molar-refractivity contribution in [2.45, 2.75) is 31.6 Å². The Balaban J connectivity index is 1.72. The third-order valence-electron chi connectivity index (χ3n) is 3.94. The molecule has 1 unspecified atom stereocenters. The number of nitrogens with one attached hydrogen (secondary N) is 1. The van der Waals surface area contributed by atoms with Gasteiger partial charge in [-0.3, -0.25) is 9.78 Å². The predicted octanol–water partition coefficient (Wildman–Crippen LogP) is 2.98. The number of hydrogen-bond acceptors (Lipinski definition) is 4. The highest BCUT2D eigenvalue weighted by atomic mass is 19.4. The maximum Gasteiger partial charge on any atom is 0.433 e. The number of rotatable bonds is 4. The van der Waals surface area contributed by atoms with Crippen molar-refractivity contribution < 1.29 is 22.4 Å². The summed E-state index contributed by atoms with van der Waals surface area (Å²) in [6, 6.07) is 5.44. The van der Waals surface area contributed by atoms with Crippen LogP contribution in [0.3, 0.4) is 0 Å². The first-order valence-electron chi connectivity index (χ1n) is 7.55. The molecule has 3 rings (SSSR count). The van der Waals surface area contributed by atoms with Gasteiger partial charge >= 0.3 is 6.18 Å². The fourth-order valence-electron chi connectivity index (χ4n) is 2.81. The number of pyridine rings is 1. The summed E-state index contributed by atoms with van der Waals surface area (Å²) in [5, 5.41) is 2.76. The third kappa shape index (κ3) is 3.52. The fraction of sp³-hybridized carbons (Fsp3) is 0.375. The molecule has 1 aliphatic heterocycles. The number of aromatic nitrogens is 1. The minimum atomic E-state index is -4.51. The van der Waals surface area contributed by atoms with Crippen molar-refractivity contribution in [2.24, 2.45) is 0 Å². The van der Waals surface area contributed by atoms with E-state index in [4.69, 9.17) is 4.42 Å². The average molecular weight is 339 g/mol. The van der Waals surface area contributed by atoms with E-state index in [1.807, 2.05) is 0 Å². The molecular weight excluding hydrogens is 323 g/mol. The van der Waals surface area contributed by atoms with Crippen LogP contribution in [0.25, 0.3) is 0 Å². The van der Waals surface area contributed by atoms with Crippen LogP contribution in [0.2, 0.25) is 0 Å². The maximum atomic E-state index is 12.8. The summed E-state index contributed by atoms with van der Waals surface area (Å²) in [6.45, 7) is 0.778. The summed E-state index contributed by atoms with van der Waals surface area (Å²) in [6.07, 6.45) is -0.545. The molecule has 5 nitrogen and oxygen atoms in total. The van der Waals surface area contributed by atoms with E-state index >= 15 is 0 Å². The SMILES string of the molecule is O=C(NCc1ccco1)C1CCCN1c1ccnc(C(F)(F)F)c1. The van der Waals surface area contributed by atoms with E-state index in [0.717, 1.165) is 18.7 Å². The predicted molar refractivity (Wildman–Crippen MR) is 80.2 cm³/mol. The number of nitrogens with zero attached hydrogens (tertiary/aromatic N) is 2. The molecule has 8 heteroatoms. The zero-order valence-electron chi connectivity index (χ0n) is 12.7. The molecule has 0 aromatic carbocycles. The van der Waals surface area contributed by atoms with Gasteiger partial charge in [-0.15, -0.1) is 0 Å². The van der Waals surface area contributed by atoms with Crippen molar-refractivity contribution in [3.05, 3.63) is 48.2 Å². The van der Waals surface area contributed by atoms with Crippen molar-refractivity contribution in [3.63, 3.8) is 0 Å². The highest BCUT2D eigenvalue weighted by molar-refractivity contribution is 5.85. The minimum absolute atomic E-state index is 0.228. The van der Waals surface area contributed by atoms with Gasteiger partial charge in [0.25, 0.3) is 0 Å². The molecule has 0 spiro atoms. The summed E-state index contributed by atoms with van der Waals surface area (Å²) >= 11 is 0. The molecular formula is C16H16F3N3O2. The minimum Gasteiger partial charge on any atom is -0.467 e. The van der Waals surface area contributed by atoms with E-state index in [1.54, 1.807) is 17.0 Å². The molecule has 0 bridgehead atoms. The lowest BCUT2D eigenvalue weighted by Gasteiger charge is -2.26. The Kier molecular flexibility index (Phi) is 4.46. The molecule has 24 heavy (non-hydrogen) atoms. The van der Waals surface area contributed by atoms with E-state index in [-0.39, 0.29) is 12.5 Å². The molecule has 0 aliphatic carbocycles. The first kappa shape index (κ1) is 16.4. The summed E-state index contributed by atoms with van der Waals surface area (Å²) in [4.78, 5) is 17.4. The van der Waals surface area contributed by atoms with Gasteiger partial charge in [0.15, 0.2) is 0 Å². The van der Waals surface area contributed by atoms with Crippen LogP contribution in [-0.2, 0) is 17.5 Å². The van der Waals surface area contributed by atoms with Crippen LogP contribution in [0.15, 0.2) is 41.1 Å². The zero-order valence-corrected chi connectivity index (χ0v) is 12.7. The van der Waals surface area contributed by atoms with Crippen LogP contribution < -0.4 is 10.2 Å². The molecule has 0 saturated carbocycles.